The Hall–Kier alpha value is -0.900. The second-order valence-electron chi connectivity index (χ2n) is 8.18. The SMILES string of the molecule is COC(=O)[C@]1(C)CCC[C@@]2(C)[C@H]1C[C@@H](O)[C@@H]1CC(=O)CC[C@@H]12. The van der Waals surface area contributed by atoms with Gasteiger partial charge in [-0.25, -0.2) is 0 Å². The molecule has 0 unspecified atom stereocenters. The molecule has 0 saturated heterocycles. The predicted octanol–water partition coefficient (Wildman–Crippen LogP) is 2.72. The molecule has 0 aromatic carbocycles. The van der Waals surface area contributed by atoms with Gasteiger partial charge in [0.2, 0.25) is 0 Å². The number of rotatable bonds is 1. The van der Waals surface area contributed by atoms with Gasteiger partial charge in [0.1, 0.15) is 5.78 Å². The summed E-state index contributed by atoms with van der Waals surface area (Å²) in [4.78, 5) is 24.3. The standard InChI is InChI=1S/C18H28O4/c1-17-7-4-8-18(2,16(21)22-3)15(17)10-14(20)12-9-11(19)5-6-13(12)17/h12-15,20H,4-10H2,1-3H3/t12-,13+,14-,15-,17-,18-/m1/s1. The lowest BCUT2D eigenvalue weighted by Gasteiger charge is -2.61. The highest BCUT2D eigenvalue weighted by Gasteiger charge is 2.61. The molecule has 0 radical (unpaired) electrons. The van der Waals surface area contributed by atoms with Crippen molar-refractivity contribution < 1.29 is 19.4 Å². The van der Waals surface area contributed by atoms with Gasteiger partial charge in [-0.05, 0) is 55.8 Å². The van der Waals surface area contributed by atoms with Crippen LogP contribution in [0.15, 0.2) is 0 Å². The Bertz CT molecular complexity index is 487. The monoisotopic (exact) mass is 308 g/mol. The van der Waals surface area contributed by atoms with E-state index in [0.717, 1.165) is 25.7 Å². The fraction of sp³-hybridized carbons (Fsp3) is 0.889. The van der Waals surface area contributed by atoms with Crippen LogP contribution in [-0.4, -0.2) is 30.1 Å². The van der Waals surface area contributed by atoms with Crippen LogP contribution in [0.4, 0.5) is 0 Å². The van der Waals surface area contributed by atoms with Crippen molar-refractivity contribution >= 4 is 11.8 Å². The molecule has 0 heterocycles. The van der Waals surface area contributed by atoms with Crippen LogP contribution in [0.3, 0.4) is 0 Å². The minimum Gasteiger partial charge on any atom is -0.469 e. The molecule has 22 heavy (non-hydrogen) atoms. The largest absolute Gasteiger partial charge is 0.469 e. The molecule has 4 heteroatoms. The zero-order valence-corrected chi connectivity index (χ0v) is 13.9. The van der Waals surface area contributed by atoms with Crippen molar-refractivity contribution in [3.05, 3.63) is 0 Å². The molecule has 3 aliphatic rings. The first kappa shape index (κ1) is 16.0. The third kappa shape index (κ3) is 2.14. The number of aliphatic hydroxyl groups is 1. The van der Waals surface area contributed by atoms with Gasteiger partial charge in [-0.2, -0.15) is 0 Å². The van der Waals surface area contributed by atoms with Gasteiger partial charge in [0.05, 0.1) is 18.6 Å². The number of fused-ring (bicyclic) bond motifs is 3. The molecule has 4 nitrogen and oxygen atoms in total. The summed E-state index contributed by atoms with van der Waals surface area (Å²) in [6.07, 6.45) is 5.12. The van der Waals surface area contributed by atoms with Gasteiger partial charge in [0, 0.05) is 12.8 Å². The predicted molar refractivity (Wildman–Crippen MR) is 82.0 cm³/mol. The van der Waals surface area contributed by atoms with Gasteiger partial charge in [-0.1, -0.05) is 13.3 Å². The van der Waals surface area contributed by atoms with Crippen LogP contribution in [0.1, 0.15) is 58.8 Å². The molecule has 0 aromatic rings. The summed E-state index contributed by atoms with van der Waals surface area (Å²) < 4.78 is 5.10. The minimum atomic E-state index is -0.505. The molecule has 1 N–H and O–H groups in total. The topological polar surface area (TPSA) is 63.6 Å². The van der Waals surface area contributed by atoms with Crippen molar-refractivity contribution in [1.29, 1.82) is 0 Å². The Morgan fingerprint density at radius 3 is 2.73 bits per heavy atom. The number of esters is 1. The number of methoxy groups -OCH3 is 1. The van der Waals surface area contributed by atoms with Crippen molar-refractivity contribution in [3.8, 4) is 0 Å². The van der Waals surface area contributed by atoms with Gasteiger partial charge in [-0.15, -0.1) is 0 Å². The molecule has 0 aromatic heterocycles. The maximum Gasteiger partial charge on any atom is 0.311 e. The number of ketones is 1. The van der Waals surface area contributed by atoms with Gasteiger partial charge in [0.25, 0.3) is 0 Å². The number of hydrogen-bond acceptors (Lipinski definition) is 4. The highest BCUT2D eigenvalue weighted by Crippen LogP contribution is 2.63. The van der Waals surface area contributed by atoms with E-state index in [1.807, 2.05) is 6.92 Å². The van der Waals surface area contributed by atoms with Crippen LogP contribution in [0.5, 0.6) is 0 Å². The highest BCUT2D eigenvalue weighted by molar-refractivity contribution is 5.80. The van der Waals surface area contributed by atoms with Gasteiger partial charge in [-0.3, -0.25) is 9.59 Å². The second-order valence-corrected chi connectivity index (χ2v) is 8.18. The second kappa shape index (κ2) is 5.33. The summed E-state index contributed by atoms with van der Waals surface area (Å²) in [7, 11) is 1.46. The number of carbonyl (C=O) groups is 2. The van der Waals surface area contributed by atoms with Crippen LogP contribution in [-0.2, 0) is 14.3 Å². The zero-order chi connectivity index (χ0) is 16.1. The molecule has 0 amide bonds. The lowest BCUT2D eigenvalue weighted by Crippen LogP contribution is -2.59. The molecule has 3 aliphatic carbocycles. The Morgan fingerprint density at radius 1 is 1.32 bits per heavy atom. The maximum atomic E-state index is 12.4. The molecule has 0 aliphatic heterocycles. The highest BCUT2D eigenvalue weighted by atomic mass is 16.5. The Morgan fingerprint density at radius 2 is 2.05 bits per heavy atom. The number of hydrogen-bond donors (Lipinski definition) is 1. The fourth-order valence-corrected chi connectivity index (χ4v) is 6.04. The normalized spacial score (nSPS) is 48.3. The maximum absolute atomic E-state index is 12.4. The fourth-order valence-electron chi connectivity index (χ4n) is 6.04. The van der Waals surface area contributed by atoms with E-state index in [1.165, 1.54) is 7.11 Å². The van der Waals surface area contributed by atoms with E-state index in [2.05, 4.69) is 6.92 Å². The number of carbonyl (C=O) groups excluding carboxylic acids is 2. The van der Waals surface area contributed by atoms with Crippen molar-refractivity contribution in [3.63, 3.8) is 0 Å². The Balaban J connectivity index is 1.98. The lowest BCUT2D eigenvalue weighted by atomic mass is 9.43. The summed E-state index contributed by atoms with van der Waals surface area (Å²) >= 11 is 0. The van der Waals surface area contributed by atoms with Crippen molar-refractivity contribution in [2.75, 3.05) is 7.11 Å². The first-order valence-corrected chi connectivity index (χ1v) is 8.61. The summed E-state index contributed by atoms with van der Waals surface area (Å²) in [5, 5.41) is 10.7. The molecule has 3 saturated carbocycles. The van der Waals surface area contributed by atoms with Crippen LogP contribution < -0.4 is 0 Å². The summed E-state index contributed by atoms with van der Waals surface area (Å²) in [5.41, 5.74) is -0.471. The van der Waals surface area contributed by atoms with Gasteiger partial charge >= 0.3 is 5.97 Å². The van der Waals surface area contributed by atoms with E-state index in [0.29, 0.717) is 25.2 Å². The van der Waals surface area contributed by atoms with Crippen LogP contribution >= 0.6 is 0 Å². The molecule has 0 bridgehead atoms. The van der Waals surface area contributed by atoms with Crippen molar-refractivity contribution in [2.24, 2.45) is 28.6 Å². The third-order valence-corrected chi connectivity index (χ3v) is 7.16. The number of aliphatic hydroxyl groups excluding tert-OH is 1. The first-order chi connectivity index (χ1) is 10.3. The van der Waals surface area contributed by atoms with E-state index in [4.69, 9.17) is 4.74 Å². The quantitative estimate of drug-likeness (QED) is 0.757. The van der Waals surface area contributed by atoms with E-state index in [-0.39, 0.29) is 29.0 Å². The summed E-state index contributed by atoms with van der Waals surface area (Å²) in [6, 6.07) is 0. The Kier molecular flexibility index (Phi) is 3.87. The molecule has 6 atom stereocenters. The smallest absolute Gasteiger partial charge is 0.311 e. The molecule has 124 valence electrons. The van der Waals surface area contributed by atoms with E-state index >= 15 is 0 Å². The van der Waals surface area contributed by atoms with E-state index < -0.39 is 11.5 Å². The average molecular weight is 308 g/mol. The molecule has 3 rings (SSSR count). The zero-order valence-electron chi connectivity index (χ0n) is 13.9. The van der Waals surface area contributed by atoms with Crippen molar-refractivity contribution in [1.82, 2.24) is 0 Å². The molecular formula is C18H28O4. The van der Waals surface area contributed by atoms with Crippen LogP contribution in [0.25, 0.3) is 0 Å². The lowest BCUT2D eigenvalue weighted by molar-refractivity contribution is -0.188. The van der Waals surface area contributed by atoms with Gasteiger partial charge < -0.3 is 9.84 Å². The Labute approximate surface area is 132 Å². The van der Waals surface area contributed by atoms with Gasteiger partial charge in [0.15, 0.2) is 0 Å². The number of Topliss-reactive ketones (excluding diaryl/α,β-unsaturated/α-hetero) is 1. The van der Waals surface area contributed by atoms with Crippen LogP contribution in [0, 0.1) is 28.6 Å². The summed E-state index contributed by atoms with van der Waals surface area (Å²) in [6.45, 7) is 4.30. The molecule has 0 spiro atoms. The van der Waals surface area contributed by atoms with E-state index in [9.17, 15) is 14.7 Å². The number of ether oxygens (including phenoxy) is 1. The molecular weight excluding hydrogens is 280 g/mol. The van der Waals surface area contributed by atoms with Crippen LogP contribution in [0.2, 0.25) is 0 Å². The van der Waals surface area contributed by atoms with Crippen molar-refractivity contribution in [2.45, 2.75) is 64.9 Å². The first-order valence-electron chi connectivity index (χ1n) is 8.61. The average Bonchev–Trinajstić information content (AvgIpc) is 2.49. The molecule has 3 fully saturated rings. The van der Waals surface area contributed by atoms with E-state index in [1.54, 1.807) is 0 Å². The minimum absolute atomic E-state index is 0.0335. The third-order valence-electron chi connectivity index (χ3n) is 7.16. The summed E-state index contributed by atoms with van der Waals surface area (Å²) in [5.74, 6) is 0.728.